The van der Waals surface area contributed by atoms with Gasteiger partial charge in [0, 0.05) is 30.0 Å². The van der Waals surface area contributed by atoms with E-state index in [0.29, 0.717) is 30.2 Å². The van der Waals surface area contributed by atoms with Gasteiger partial charge in [-0.05, 0) is 47.9 Å². The van der Waals surface area contributed by atoms with Gasteiger partial charge < -0.3 is 19.6 Å². The molecule has 0 fully saturated rings. The van der Waals surface area contributed by atoms with E-state index in [9.17, 15) is 4.79 Å². The number of carbonyl (C=O) groups excluding carboxylic acids is 1. The van der Waals surface area contributed by atoms with Crippen LogP contribution in [0.3, 0.4) is 0 Å². The molecule has 0 saturated heterocycles. The summed E-state index contributed by atoms with van der Waals surface area (Å²) in [5, 5.41) is 1.10. The minimum absolute atomic E-state index is 0.194. The summed E-state index contributed by atoms with van der Waals surface area (Å²) in [4.78, 5) is 14.1. The number of fused-ring (bicyclic) bond motifs is 1. The van der Waals surface area contributed by atoms with Crippen LogP contribution >= 0.6 is 0 Å². The Bertz CT molecular complexity index is 1460. The Labute approximate surface area is 234 Å². The predicted octanol–water partition coefficient (Wildman–Crippen LogP) is 6.64. The lowest BCUT2D eigenvalue weighted by molar-refractivity contribution is 0.0999. The number of rotatable bonds is 13. The molecule has 0 atom stereocenters. The summed E-state index contributed by atoms with van der Waals surface area (Å²) in [6, 6.07) is 36.4. The van der Waals surface area contributed by atoms with Crippen LogP contribution in [0.25, 0.3) is 11.0 Å². The molecule has 40 heavy (non-hydrogen) atoms. The van der Waals surface area contributed by atoms with Crippen LogP contribution in [0.4, 0.5) is 0 Å². The van der Waals surface area contributed by atoms with Gasteiger partial charge in [0.2, 0.25) is 5.91 Å². The van der Waals surface area contributed by atoms with E-state index in [0.717, 1.165) is 36.2 Å². The molecule has 0 aliphatic carbocycles. The highest BCUT2D eigenvalue weighted by Gasteiger charge is 2.20. The Hall–Kier alpha value is -4.55. The van der Waals surface area contributed by atoms with Crippen LogP contribution in [0, 0.1) is 0 Å². The van der Waals surface area contributed by atoms with Crippen molar-refractivity contribution in [2.75, 3.05) is 26.8 Å². The number of ether oxygens (including phenoxy) is 2. The molecule has 1 aromatic heterocycles. The van der Waals surface area contributed by atoms with Gasteiger partial charge in [-0.3, -0.25) is 9.69 Å². The molecule has 0 radical (unpaired) electrons. The molecule has 0 aliphatic rings. The average molecular weight is 535 g/mol. The van der Waals surface area contributed by atoms with E-state index in [1.807, 2.05) is 18.2 Å². The molecule has 5 aromatic rings. The highest BCUT2D eigenvalue weighted by atomic mass is 16.5. The Morgan fingerprint density at radius 3 is 2.17 bits per heavy atom. The number of methoxy groups -OCH3 is 1. The van der Waals surface area contributed by atoms with E-state index >= 15 is 0 Å². The highest BCUT2D eigenvalue weighted by Crippen LogP contribution is 2.29. The minimum Gasteiger partial charge on any atom is -0.493 e. The van der Waals surface area contributed by atoms with Crippen molar-refractivity contribution in [1.82, 2.24) is 4.90 Å². The number of carbonyl (C=O) groups is 1. The molecule has 5 rings (SSSR count). The smallest absolute Gasteiger partial charge is 0.248 e. The number of amides is 1. The summed E-state index contributed by atoms with van der Waals surface area (Å²) in [6.07, 6.45) is 0.764. The van der Waals surface area contributed by atoms with Crippen LogP contribution in [-0.4, -0.2) is 37.6 Å². The Kier molecular flexibility index (Phi) is 8.79. The molecular weight excluding hydrogens is 500 g/mol. The molecule has 6 heteroatoms. The molecule has 6 nitrogen and oxygen atoms in total. The van der Waals surface area contributed by atoms with Crippen molar-refractivity contribution in [2.24, 2.45) is 5.73 Å². The molecule has 1 heterocycles. The molecule has 0 spiro atoms. The molecule has 0 bridgehead atoms. The first kappa shape index (κ1) is 27.0. The Morgan fingerprint density at radius 2 is 1.52 bits per heavy atom. The van der Waals surface area contributed by atoms with Gasteiger partial charge in [-0.2, -0.15) is 0 Å². The van der Waals surface area contributed by atoms with Crippen LogP contribution in [-0.2, 0) is 6.54 Å². The lowest BCUT2D eigenvalue weighted by Gasteiger charge is -2.28. The lowest BCUT2D eigenvalue weighted by atomic mass is 9.90. The second-order valence-electron chi connectivity index (χ2n) is 9.79. The largest absolute Gasteiger partial charge is 0.493 e. The van der Waals surface area contributed by atoms with Crippen LogP contribution in [0.1, 0.15) is 39.6 Å². The molecule has 1 amide bonds. The van der Waals surface area contributed by atoms with Crippen molar-refractivity contribution >= 4 is 16.9 Å². The van der Waals surface area contributed by atoms with Crippen molar-refractivity contribution in [1.29, 1.82) is 0 Å². The van der Waals surface area contributed by atoms with Gasteiger partial charge in [-0.25, -0.2) is 0 Å². The summed E-state index contributed by atoms with van der Waals surface area (Å²) in [5.41, 5.74) is 9.28. The van der Waals surface area contributed by atoms with E-state index in [1.165, 1.54) is 11.1 Å². The highest BCUT2D eigenvalue weighted by molar-refractivity contribution is 5.93. The zero-order valence-electron chi connectivity index (χ0n) is 22.7. The first-order valence-electron chi connectivity index (χ1n) is 13.5. The number of benzene rings is 4. The molecule has 4 aromatic carbocycles. The average Bonchev–Trinajstić information content (AvgIpc) is 3.41. The lowest BCUT2D eigenvalue weighted by Crippen LogP contribution is -2.30. The molecule has 0 aliphatic heterocycles. The van der Waals surface area contributed by atoms with Crippen molar-refractivity contribution in [2.45, 2.75) is 18.9 Å². The maximum atomic E-state index is 11.7. The summed E-state index contributed by atoms with van der Waals surface area (Å²) in [5.74, 6) is 1.70. The molecule has 2 N–H and O–H groups in total. The second-order valence-corrected chi connectivity index (χ2v) is 9.79. The maximum absolute atomic E-state index is 11.7. The Balaban J connectivity index is 1.35. The first-order valence-corrected chi connectivity index (χ1v) is 13.5. The third-order valence-corrected chi connectivity index (χ3v) is 7.03. The predicted molar refractivity (Wildman–Crippen MR) is 158 cm³/mol. The van der Waals surface area contributed by atoms with Gasteiger partial charge in [0.15, 0.2) is 11.5 Å². The van der Waals surface area contributed by atoms with Gasteiger partial charge in [-0.15, -0.1) is 0 Å². The topological polar surface area (TPSA) is 77.9 Å². The number of para-hydroxylation sites is 1. The van der Waals surface area contributed by atoms with Gasteiger partial charge in [0.25, 0.3) is 0 Å². The first-order chi connectivity index (χ1) is 19.6. The zero-order chi connectivity index (χ0) is 27.7. The van der Waals surface area contributed by atoms with Gasteiger partial charge in [0.05, 0.1) is 20.3 Å². The molecule has 0 saturated carbocycles. The van der Waals surface area contributed by atoms with E-state index in [1.54, 1.807) is 25.3 Å². The quantitative estimate of drug-likeness (QED) is 0.171. The third kappa shape index (κ3) is 6.71. The molecule has 0 unspecified atom stereocenters. The Morgan fingerprint density at radius 1 is 0.850 bits per heavy atom. The van der Waals surface area contributed by atoms with Crippen molar-refractivity contribution in [3.8, 4) is 11.5 Å². The molecule has 204 valence electrons. The van der Waals surface area contributed by atoms with Crippen LogP contribution < -0.4 is 15.2 Å². The van der Waals surface area contributed by atoms with Crippen LogP contribution in [0.2, 0.25) is 0 Å². The number of hydrogen-bond donors (Lipinski definition) is 1. The van der Waals surface area contributed by atoms with Crippen molar-refractivity contribution in [3.05, 3.63) is 132 Å². The number of hydrogen-bond acceptors (Lipinski definition) is 5. The standard InChI is InChI=1S/C34H34N2O4/c1-38-32-18-17-28(34(35)37)22-33(32)39-20-10-19-36(23-29-21-27-15-8-9-16-31(27)40-29)24-30(25-11-4-2-5-12-25)26-13-6-3-7-14-26/h2-9,11-18,21-22,30H,10,19-20,23-24H2,1H3,(H2,35,37). The number of nitrogens with zero attached hydrogens (tertiary/aromatic N) is 1. The second kappa shape index (κ2) is 13.0. The monoisotopic (exact) mass is 534 g/mol. The number of nitrogens with two attached hydrogens (primary N) is 1. The number of primary amides is 1. The van der Waals surface area contributed by atoms with E-state index < -0.39 is 5.91 Å². The fourth-order valence-corrected chi connectivity index (χ4v) is 5.02. The fraction of sp³-hybridized carbons (Fsp3) is 0.206. The van der Waals surface area contributed by atoms with E-state index in [-0.39, 0.29) is 5.92 Å². The van der Waals surface area contributed by atoms with E-state index in [4.69, 9.17) is 19.6 Å². The zero-order valence-corrected chi connectivity index (χ0v) is 22.7. The fourth-order valence-electron chi connectivity index (χ4n) is 5.02. The van der Waals surface area contributed by atoms with Crippen LogP contribution in [0.15, 0.2) is 114 Å². The SMILES string of the molecule is COc1ccc(C(N)=O)cc1OCCCN(Cc1cc2ccccc2o1)CC(c1ccccc1)c1ccccc1. The van der Waals surface area contributed by atoms with Gasteiger partial charge in [0.1, 0.15) is 11.3 Å². The molecular formula is C34H34N2O4. The maximum Gasteiger partial charge on any atom is 0.248 e. The third-order valence-electron chi connectivity index (χ3n) is 7.03. The normalized spacial score (nSPS) is 11.3. The van der Waals surface area contributed by atoms with Crippen LogP contribution in [0.5, 0.6) is 11.5 Å². The minimum atomic E-state index is -0.502. The summed E-state index contributed by atoms with van der Waals surface area (Å²) >= 11 is 0. The summed E-state index contributed by atoms with van der Waals surface area (Å²) < 4.78 is 17.7. The van der Waals surface area contributed by atoms with Crippen molar-refractivity contribution < 1.29 is 18.7 Å². The van der Waals surface area contributed by atoms with Gasteiger partial charge in [-0.1, -0.05) is 78.9 Å². The van der Waals surface area contributed by atoms with E-state index in [2.05, 4.69) is 77.7 Å². The summed E-state index contributed by atoms with van der Waals surface area (Å²) in [6.45, 7) is 2.72. The van der Waals surface area contributed by atoms with Crippen molar-refractivity contribution in [3.63, 3.8) is 0 Å². The van der Waals surface area contributed by atoms with Gasteiger partial charge >= 0.3 is 0 Å². The number of furan rings is 1. The summed E-state index contributed by atoms with van der Waals surface area (Å²) in [7, 11) is 1.58.